The van der Waals surface area contributed by atoms with E-state index in [-0.39, 0.29) is 24.1 Å². The van der Waals surface area contributed by atoms with E-state index in [2.05, 4.69) is 0 Å². The molecule has 5 heteroatoms. The van der Waals surface area contributed by atoms with Gasteiger partial charge in [0, 0.05) is 25.1 Å². The second-order valence-corrected chi connectivity index (χ2v) is 5.81. The van der Waals surface area contributed by atoms with Crippen LogP contribution in [0.2, 0.25) is 0 Å². The van der Waals surface area contributed by atoms with E-state index in [9.17, 15) is 14.4 Å². The van der Waals surface area contributed by atoms with E-state index >= 15 is 0 Å². The predicted molar refractivity (Wildman–Crippen MR) is 87.8 cm³/mol. The number of carbonyl (C=O) groups excluding carboxylic acids is 3. The molecule has 5 nitrogen and oxygen atoms in total. The van der Waals surface area contributed by atoms with Crippen molar-refractivity contribution in [3.05, 3.63) is 35.9 Å². The maximum Gasteiger partial charge on any atom is 0.261 e. The van der Waals surface area contributed by atoms with E-state index in [1.54, 1.807) is 29.2 Å². The number of nitrogens with zero attached hydrogens (tertiary/aromatic N) is 2. The summed E-state index contributed by atoms with van der Waals surface area (Å²) in [7, 11) is 0. The molecule has 23 heavy (non-hydrogen) atoms. The zero-order chi connectivity index (χ0) is 16.8. The van der Waals surface area contributed by atoms with E-state index in [1.165, 1.54) is 0 Å². The molecule has 0 radical (unpaired) electrons. The van der Waals surface area contributed by atoms with Gasteiger partial charge < -0.3 is 4.90 Å². The number of amides is 3. The second-order valence-electron chi connectivity index (χ2n) is 5.81. The monoisotopic (exact) mass is 316 g/mol. The Labute approximate surface area is 137 Å². The molecule has 0 spiro atoms. The van der Waals surface area contributed by atoms with E-state index in [1.807, 2.05) is 19.9 Å². The third-order valence-corrected chi connectivity index (χ3v) is 4.04. The van der Waals surface area contributed by atoms with Crippen LogP contribution in [0.15, 0.2) is 30.3 Å². The highest BCUT2D eigenvalue weighted by atomic mass is 16.2. The summed E-state index contributed by atoms with van der Waals surface area (Å²) in [5.74, 6) is -0.742. The summed E-state index contributed by atoms with van der Waals surface area (Å²) in [6.07, 6.45) is 2.39. The molecular formula is C18H24N2O3. The van der Waals surface area contributed by atoms with Crippen molar-refractivity contribution in [3.8, 4) is 0 Å². The molecule has 124 valence electrons. The van der Waals surface area contributed by atoms with Gasteiger partial charge in [-0.25, -0.2) is 0 Å². The molecule has 1 aliphatic heterocycles. The lowest BCUT2D eigenvalue weighted by Crippen LogP contribution is -2.49. The fourth-order valence-corrected chi connectivity index (χ4v) is 2.97. The van der Waals surface area contributed by atoms with Crippen molar-refractivity contribution in [2.45, 2.75) is 45.6 Å². The van der Waals surface area contributed by atoms with Gasteiger partial charge in [0.25, 0.3) is 5.91 Å². The third kappa shape index (κ3) is 3.78. The van der Waals surface area contributed by atoms with Crippen molar-refractivity contribution in [1.29, 1.82) is 0 Å². The maximum atomic E-state index is 12.8. The molecule has 0 bridgehead atoms. The molecule has 1 aromatic carbocycles. The summed E-state index contributed by atoms with van der Waals surface area (Å²) in [6, 6.07) is 8.01. The van der Waals surface area contributed by atoms with Gasteiger partial charge in [-0.3, -0.25) is 19.3 Å². The Kier molecular flexibility index (Phi) is 5.90. The van der Waals surface area contributed by atoms with Crippen LogP contribution < -0.4 is 0 Å². The summed E-state index contributed by atoms with van der Waals surface area (Å²) >= 11 is 0. The van der Waals surface area contributed by atoms with E-state index in [4.69, 9.17) is 0 Å². The van der Waals surface area contributed by atoms with Gasteiger partial charge in [0.1, 0.15) is 6.04 Å². The van der Waals surface area contributed by atoms with Crippen molar-refractivity contribution in [2.24, 2.45) is 0 Å². The summed E-state index contributed by atoms with van der Waals surface area (Å²) in [6.45, 7) is 5.35. The smallest absolute Gasteiger partial charge is 0.261 e. The van der Waals surface area contributed by atoms with Crippen LogP contribution in [0, 0.1) is 0 Å². The molecule has 0 saturated carbocycles. The van der Waals surface area contributed by atoms with Gasteiger partial charge in [0.05, 0.1) is 0 Å². The highest BCUT2D eigenvalue weighted by Crippen LogP contribution is 2.23. The van der Waals surface area contributed by atoms with Crippen LogP contribution in [0.25, 0.3) is 0 Å². The zero-order valence-electron chi connectivity index (χ0n) is 13.8. The average molecular weight is 316 g/mol. The molecule has 0 aromatic heterocycles. The van der Waals surface area contributed by atoms with Gasteiger partial charge in [0.15, 0.2) is 0 Å². The number of likely N-dealkylation sites (tertiary alicyclic amines) is 1. The molecule has 1 aromatic rings. The van der Waals surface area contributed by atoms with Gasteiger partial charge in [-0.2, -0.15) is 0 Å². The number of hydrogen-bond acceptors (Lipinski definition) is 3. The van der Waals surface area contributed by atoms with Gasteiger partial charge in [-0.15, -0.1) is 0 Å². The molecule has 1 saturated heterocycles. The molecule has 1 atom stereocenters. The Morgan fingerprint density at radius 2 is 1.74 bits per heavy atom. The Balaban J connectivity index is 2.22. The van der Waals surface area contributed by atoms with E-state index < -0.39 is 6.04 Å². The van der Waals surface area contributed by atoms with Gasteiger partial charge in [-0.05, 0) is 31.4 Å². The fraction of sp³-hybridized carbons (Fsp3) is 0.500. The van der Waals surface area contributed by atoms with Crippen LogP contribution in [0.3, 0.4) is 0 Å². The summed E-state index contributed by atoms with van der Waals surface area (Å²) < 4.78 is 0. The summed E-state index contributed by atoms with van der Waals surface area (Å²) in [5.41, 5.74) is 0.443. The minimum Gasteiger partial charge on any atom is -0.341 e. The molecule has 1 heterocycles. The van der Waals surface area contributed by atoms with Crippen LogP contribution in [-0.2, 0) is 9.59 Å². The largest absolute Gasteiger partial charge is 0.341 e. The van der Waals surface area contributed by atoms with Crippen LogP contribution in [0.5, 0.6) is 0 Å². The third-order valence-electron chi connectivity index (χ3n) is 4.04. The molecule has 1 aliphatic rings. The number of hydrogen-bond donors (Lipinski definition) is 0. The van der Waals surface area contributed by atoms with Gasteiger partial charge in [-0.1, -0.05) is 32.0 Å². The van der Waals surface area contributed by atoms with Crippen molar-refractivity contribution in [3.63, 3.8) is 0 Å². The number of imide groups is 1. The second kappa shape index (κ2) is 7.90. The summed E-state index contributed by atoms with van der Waals surface area (Å²) in [4.78, 5) is 40.6. The first-order chi connectivity index (χ1) is 11.1. The van der Waals surface area contributed by atoms with Crippen molar-refractivity contribution in [2.75, 3.05) is 13.1 Å². The highest BCUT2D eigenvalue weighted by Gasteiger charge is 2.41. The van der Waals surface area contributed by atoms with Crippen molar-refractivity contribution >= 4 is 17.7 Å². The molecule has 0 N–H and O–H groups in total. The minimum absolute atomic E-state index is 0.108. The van der Waals surface area contributed by atoms with Crippen LogP contribution in [-0.4, -0.2) is 46.7 Å². The first-order valence-corrected chi connectivity index (χ1v) is 8.30. The predicted octanol–water partition coefficient (Wildman–Crippen LogP) is 2.47. The Morgan fingerprint density at radius 1 is 1.13 bits per heavy atom. The molecule has 1 unspecified atom stereocenters. The molecule has 0 aliphatic carbocycles. The topological polar surface area (TPSA) is 57.7 Å². The average Bonchev–Trinajstić information content (AvgIpc) is 2.95. The van der Waals surface area contributed by atoms with Crippen LogP contribution in [0.1, 0.15) is 49.9 Å². The lowest BCUT2D eigenvalue weighted by molar-refractivity contribution is -0.139. The first kappa shape index (κ1) is 17.2. The number of carbonyl (C=O) groups is 3. The zero-order valence-corrected chi connectivity index (χ0v) is 13.8. The first-order valence-electron chi connectivity index (χ1n) is 8.30. The van der Waals surface area contributed by atoms with Gasteiger partial charge >= 0.3 is 0 Å². The highest BCUT2D eigenvalue weighted by molar-refractivity contribution is 6.09. The van der Waals surface area contributed by atoms with Crippen molar-refractivity contribution < 1.29 is 14.4 Å². The quantitative estimate of drug-likeness (QED) is 0.758. The lowest BCUT2D eigenvalue weighted by Gasteiger charge is -2.29. The van der Waals surface area contributed by atoms with E-state index in [0.717, 1.165) is 17.7 Å². The maximum absolute atomic E-state index is 12.8. The Hall–Kier alpha value is -2.17. The minimum atomic E-state index is -0.659. The van der Waals surface area contributed by atoms with Gasteiger partial charge in [0.2, 0.25) is 11.8 Å². The Bertz CT molecular complexity index is 565. The number of benzene rings is 1. The standard InChI is InChI=1S/C18H24N2O3/c1-3-12-19(13-4-2)18(23)15-10-11-16(21)20(15)17(22)14-8-6-5-7-9-14/h5-9,15H,3-4,10-13H2,1-2H3. The molecule has 2 rings (SSSR count). The molecule has 3 amide bonds. The number of rotatable bonds is 6. The van der Waals surface area contributed by atoms with Crippen LogP contribution in [0.4, 0.5) is 0 Å². The molecular weight excluding hydrogens is 292 g/mol. The SMILES string of the molecule is CCCN(CCC)C(=O)C1CCC(=O)N1C(=O)c1ccccc1. The van der Waals surface area contributed by atoms with Crippen molar-refractivity contribution in [1.82, 2.24) is 9.80 Å². The van der Waals surface area contributed by atoms with E-state index in [0.29, 0.717) is 25.1 Å². The lowest BCUT2D eigenvalue weighted by atomic mass is 10.1. The molecule has 1 fully saturated rings. The van der Waals surface area contributed by atoms with Crippen LogP contribution >= 0.6 is 0 Å². The normalized spacial score (nSPS) is 17.4. The fourth-order valence-electron chi connectivity index (χ4n) is 2.97. The summed E-state index contributed by atoms with van der Waals surface area (Å²) in [5, 5.41) is 0. The Morgan fingerprint density at radius 3 is 2.30 bits per heavy atom.